The summed E-state index contributed by atoms with van der Waals surface area (Å²) in [4.78, 5) is 50.5. The molecule has 2 rings (SSSR count). The quantitative estimate of drug-likeness (QED) is 0.588. The molecule has 0 spiro atoms. The molecule has 1 aliphatic heterocycles. The Morgan fingerprint density at radius 3 is 2.17 bits per heavy atom. The lowest BCUT2D eigenvalue weighted by Gasteiger charge is -2.35. The predicted octanol–water partition coefficient (Wildman–Crippen LogP) is 1.66. The molecule has 158 valence electrons. The third kappa shape index (κ3) is 6.30. The van der Waals surface area contributed by atoms with E-state index in [1.54, 1.807) is 35.2 Å². The summed E-state index contributed by atoms with van der Waals surface area (Å²) in [5.41, 5.74) is 4.49. The van der Waals surface area contributed by atoms with E-state index < -0.39 is 29.3 Å². The standard InChI is InChI=1S/C21H29N3O5/c1-14(17(25)22-23-18(26)15-8-6-5-7-9-15)29-19(27)16-10-12-24(13-11-16)20(28)21(2,3)4/h5-9,14,16H,10-13H2,1-4H3,(H,22,25)(H,23,26)/t14-/m0/s1. The first-order valence-electron chi connectivity index (χ1n) is 9.74. The van der Waals surface area contributed by atoms with E-state index in [4.69, 9.17) is 4.74 Å². The van der Waals surface area contributed by atoms with Crippen LogP contribution in [-0.4, -0.2) is 47.8 Å². The molecule has 0 saturated carbocycles. The number of benzene rings is 1. The first kappa shape index (κ1) is 22.4. The summed E-state index contributed by atoms with van der Waals surface area (Å²) in [7, 11) is 0. The summed E-state index contributed by atoms with van der Waals surface area (Å²) >= 11 is 0. The number of hydrazine groups is 1. The summed E-state index contributed by atoms with van der Waals surface area (Å²) in [5, 5.41) is 0. The van der Waals surface area contributed by atoms with Crippen molar-refractivity contribution in [3.63, 3.8) is 0 Å². The van der Waals surface area contributed by atoms with Crippen LogP contribution in [0.3, 0.4) is 0 Å². The van der Waals surface area contributed by atoms with Gasteiger partial charge in [-0.25, -0.2) is 0 Å². The van der Waals surface area contributed by atoms with Gasteiger partial charge in [0.25, 0.3) is 11.8 Å². The largest absolute Gasteiger partial charge is 0.452 e. The highest BCUT2D eigenvalue weighted by atomic mass is 16.5. The number of nitrogens with one attached hydrogen (secondary N) is 2. The van der Waals surface area contributed by atoms with E-state index in [0.717, 1.165) is 0 Å². The molecule has 8 nitrogen and oxygen atoms in total. The van der Waals surface area contributed by atoms with Crippen molar-refractivity contribution in [2.75, 3.05) is 13.1 Å². The number of piperidine rings is 1. The van der Waals surface area contributed by atoms with Gasteiger partial charge in [0.2, 0.25) is 5.91 Å². The first-order valence-corrected chi connectivity index (χ1v) is 9.74. The lowest BCUT2D eigenvalue weighted by molar-refractivity contribution is -0.161. The molecule has 1 aromatic carbocycles. The molecule has 0 unspecified atom stereocenters. The summed E-state index contributed by atoms with van der Waals surface area (Å²) in [6.45, 7) is 8.03. The number of hydrogen-bond donors (Lipinski definition) is 2. The van der Waals surface area contributed by atoms with Gasteiger partial charge in [0, 0.05) is 24.1 Å². The maximum absolute atomic E-state index is 12.4. The van der Waals surface area contributed by atoms with E-state index in [0.29, 0.717) is 31.5 Å². The normalized spacial score (nSPS) is 15.9. The van der Waals surface area contributed by atoms with Gasteiger partial charge in [-0.2, -0.15) is 0 Å². The fourth-order valence-corrected chi connectivity index (χ4v) is 3.00. The van der Waals surface area contributed by atoms with Crippen molar-refractivity contribution in [1.29, 1.82) is 0 Å². The fourth-order valence-electron chi connectivity index (χ4n) is 3.00. The molecule has 3 amide bonds. The molecule has 0 aliphatic carbocycles. The van der Waals surface area contributed by atoms with E-state index >= 15 is 0 Å². The average molecular weight is 403 g/mol. The monoisotopic (exact) mass is 403 g/mol. The topological polar surface area (TPSA) is 105 Å². The number of amides is 3. The van der Waals surface area contributed by atoms with Crippen LogP contribution in [0.25, 0.3) is 0 Å². The minimum atomic E-state index is -1.05. The lowest BCUT2D eigenvalue weighted by Crippen LogP contribution is -2.48. The summed E-state index contributed by atoms with van der Waals surface area (Å²) < 4.78 is 5.25. The Morgan fingerprint density at radius 2 is 1.62 bits per heavy atom. The summed E-state index contributed by atoms with van der Waals surface area (Å²) in [6.07, 6.45) is -0.0488. The second-order valence-corrected chi connectivity index (χ2v) is 8.20. The molecule has 1 saturated heterocycles. The molecule has 1 heterocycles. The number of ether oxygens (including phenoxy) is 1. The molecule has 29 heavy (non-hydrogen) atoms. The molecular weight excluding hydrogens is 374 g/mol. The fraction of sp³-hybridized carbons (Fsp3) is 0.524. The Balaban J connectivity index is 1.76. The first-order chi connectivity index (χ1) is 13.6. The van der Waals surface area contributed by atoms with Gasteiger partial charge in [-0.1, -0.05) is 39.0 Å². The maximum Gasteiger partial charge on any atom is 0.309 e. The number of rotatable bonds is 4. The van der Waals surface area contributed by atoms with E-state index in [1.807, 2.05) is 20.8 Å². The van der Waals surface area contributed by atoms with Gasteiger partial charge in [-0.15, -0.1) is 0 Å². The predicted molar refractivity (Wildman–Crippen MR) is 106 cm³/mol. The van der Waals surface area contributed by atoms with Gasteiger partial charge in [-0.3, -0.25) is 30.0 Å². The lowest BCUT2D eigenvalue weighted by atomic mass is 9.91. The van der Waals surface area contributed by atoms with Crippen molar-refractivity contribution in [2.45, 2.75) is 46.6 Å². The smallest absolute Gasteiger partial charge is 0.309 e. The second kappa shape index (κ2) is 9.54. The van der Waals surface area contributed by atoms with Gasteiger partial charge in [0.1, 0.15) is 0 Å². The van der Waals surface area contributed by atoms with Crippen LogP contribution in [0.4, 0.5) is 0 Å². The van der Waals surface area contributed by atoms with Crippen LogP contribution in [0.5, 0.6) is 0 Å². The Hall–Kier alpha value is -2.90. The number of esters is 1. The number of nitrogens with zero attached hydrogens (tertiary/aromatic N) is 1. The van der Waals surface area contributed by atoms with Crippen LogP contribution in [0.2, 0.25) is 0 Å². The Labute approximate surface area is 170 Å². The van der Waals surface area contributed by atoms with Gasteiger partial charge >= 0.3 is 5.97 Å². The molecule has 2 N–H and O–H groups in total. The van der Waals surface area contributed by atoms with Crippen molar-refractivity contribution < 1.29 is 23.9 Å². The Bertz CT molecular complexity index is 749. The molecule has 1 aliphatic rings. The number of likely N-dealkylation sites (tertiary alicyclic amines) is 1. The second-order valence-electron chi connectivity index (χ2n) is 8.20. The van der Waals surface area contributed by atoms with Crippen LogP contribution in [-0.2, 0) is 19.1 Å². The van der Waals surface area contributed by atoms with E-state index in [2.05, 4.69) is 10.9 Å². The van der Waals surface area contributed by atoms with Crippen LogP contribution in [0.1, 0.15) is 50.9 Å². The molecule has 8 heteroatoms. The van der Waals surface area contributed by atoms with Crippen molar-refractivity contribution in [3.8, 4) is 0 Å². The van der Waals surface area contributed by atoms with Gasteiger partial charge in [0.15, 0.2) is 6.10 Å². The van der Waals surface area contributed by atoms with Crippen molar-refractivity contribution in [3.05, 3.63) is 35.9 Å². The Kier molecular flexibility index (Phi) is 7.36. The van der Waals surface area contributed by atoms with Crippen LogP contribution in [0.15, 0.2) is 30.3 Å². The van der Waals surface area contributed by atoms with Crippen LogP contribution in [0, 0.1) is 11.3 Å². The highest BCUT2D eigenvalue weighted by Gasteiger charge is 2.34. The molecule has 0 aromatic heterocycles. The molecule has 1 aromatic rings. The molecule has 0 radical (unpaired) electrons. The maximum atomic E-state index is 12.4. The average Bonchev–Trinajstić information content (AvgIpc) is 2.71. The molecule has 0 bridgehead atoms. The summed E-state index contributed by atoms with van der Waals surface area (Å²) in [6, 6.07) is 8.42. The van der Waals surface area contributed by atoms with E-state index in [9.17, 15) is 19.2 Å². The number of hydrogen-bond acceptors (Lipinski definition) is 5. The summed E-state index contributed by atoms with van der Waals surface area (Å²) in [5.74, 6) is -1.85. The minimum absolute atomic E-state index is 0.0613. The third-order valence-corrected chi connectivity index (χ3v) is 4.75. The molecule has 1 atom stereocenters. The zero-order valence-electron chi connectivity index (χ0n) is 17.4. The van der Waals surface area contributed by atoms with Crippen molar-refractivity contribution >= 4 is 23.7 Å². The highest BCUT2D eigenvalue weighted by Crippen LogP contribution is 2.24. The van der Waals surface area contributed by atoms with Gasteiger partial charge in [0.05, 0.1) is 5.92 Å². The SMILES string of the molecule is C[C@H](OC(=O)C1CCN(C(=O)C(C)(C)C)CC1)C(=O)NNC(=O)c1ccccc1. The van der Waals surface area contributed by atoms with Crippen molar-refractivity contribution in [1.82, 2.24) is 15.8 Å². The number of carbonyl (C=O) groups excluding carboxylic acids is 4. The molecule has 1 fully saturated rings. The van der Waals surface area contributed by atoms with Gasteiger partial charge in [-0.05, 0) is 31.9 Å². The van der Waals surface area contributed by atoms with Crippen LogP contribution >= 0.6 is 0 Å². The third-order valence-electron chi connectivity index (χ3n) is 4.75. The Morgan fingerprint density at radius 1 is 1.03 bits per heavy atom. The van der Waals surface area contributed by atoms with Gasteiger partial charge < -0.3 is 9.64 Å². The zero-order valence-corrected chi connectivity index (χ0v) is 17.4. The van der Waals surface area contributed by atoms with Crippen molar-refractivity contribution in [2.24, 2.45) is 11.3 Å². The van der Waals surface area contributed by atoms with E-state index in [1.165, 1.54) is 6.92 Å². The van der Waals surface area contributed by atoms with E-state index in [-0.39, 0.29) is 11.8 Å². The van der Waals surface area contributed by atoms with Crippen LogP contribution < -0.4 is 10.9 Å². The highest BCUT2D eigenvalue weighted by molar-refractivity contribution is 5.95. The minimum Gasteiger partial charge on any atom is -0.452 e. The number of carbonyl (C=O) groups is 4. The zero-order chi connectivity index (χ0) is 21.6. The molecular formula is C21H29N3O5.